The number of fused-ring (bicyclic) bond motifs is 7. The highest BCUT2D eigenvalue weighted by Gasteiger charge is 2.21. The van der Waals surface area contributed by atoms with Crippen LogP contribution in [0.25, 0.3) is 105 Å². The second-order valence-corrected chi connectivity index (χ2v) is 17.2. The Kier molecular flexibility index (Phi) is 9.17. The number of para-hydroxylation sites is 5. The first-order valence-electron chi connectivity index (χ1n) is 22.9. The molecule has 2 heterocycles. The Bertz CT molecular complexity index is 3920. The van der Waals surface area contributed by atoms with E-state index < -0.39 is 0 Å². The summed E-state index contributed by atoms with van der Waals surface area (Å²) in [6, 6.07) is 92.0. The molecule has 0 amide bonds. The van der Waals surface area contributed by atoms with Crippen molar-refractivity contribution in [3.8, 4) is 50.2 Å². The first-order chi connectivity index (χ1) is 33.2. The molecular weight excluding hydrogens is 813 g/mol. The van der Waals surface area contributed by atoms with Crippen molar-refractivity contribution in [2.45, 2.75) is 0 Å². The normalized spacial score (nSPS) is 11.6. The van der Waals surface area contributed by atoms with Crippen LogP contribution in [-0.4, -0.2) is 4.57 Å². The minimum absolute atomic E-state index is 0.877. The molecule has 0 saturated carbocycles. The van der Waals surface area contributed by atoms with Crippen LogP contribution >= 0.6 is 0 Å². The molecular formula is C64H42N2O. The van der Waals surface area contributed by atoms with Gasteiger partial charge in [0.05, 0.1) is 16.7 Å². The Morgan fingerprint density at radius 1 is 0.269 bits per heavy atom. The number of aromatic nitrogens is 1. The van der Waals surface area contributed by atoms with E-state index >= 15 is 0 Å². The second-order valence-electron chi connectivity index (χ2n) is 17.2. The standard InChI is InChI=1S/C64H42N2O/c1-3-17-43(18-4-1)49-38-39-50(52-22-8-7-21-51(49)52)44-31-34-47(35-32-44)65(46-19-5-2-6-20-46)48-36-37-53(58(42-48)45-33-40-64-59(41-45)57-26-12-16-30-63(57)67-64)54-23-9-13-27-60(54)66-61-28-14-10-24-55(61)56-25-11-15-29-62(56)66/h1-42H. The fourth-order valence-corrected chi connectivity index (χ4v) is 10.4. The molecule has 3 nitrogen and oxygen atoms in total. The lowest BCUT2D eigenvalue weighted by Crippen LogP contribution is -2.10. The third-order valence-electron chi connectivity index (χ3n) is 13.4. The molecule has 0 aliphatic heterocycles. The summed E-state index contributed by atoms with van der Waals surface area (Å²) in [6.45, 7) is 0. The number of nitrogens with zero attached hydrogens (tertiary/aromatic N) is 2. The largest absolute Gasteiger partial charge is 0.456 e. The minimum atomic E-state index is 0.877. The fourth-order valence-electron chi connectivity index (χ4n) is 10.4. The van der Waals surface area contributed by atoms with Gasteiger partial charge in [0.15, 0.2) is 0 Å². The van der Waals surface area contributed by atoms with E-state index in [9.17, 15) is 0 Å². The Balaban J connectivity index is 0.995. The summed E-state index contributed by atoms with van der Waals surface area (Å²) in [6.07, 6.45) is 0. The van der Waals surface area contributed by atoms with Crippen molar-refractivity contribution in [1.82, 2.24) is 4.57 Å². The van der Waals surface area contributed by atoms with Gasteiger partial charge < -0.3 is 13.9 Å². The molecule has 0 fully saturated rings. The van der Waals surface area contributed by atoms with E-state index in [-0.39, 0.29) is 0 Å². The van der Waals surface area contributed by atoms with Crippen LogP contribution in [-0.2, 0) is 0 Å². The smallest absolute Gasteiger partial charge is 0.135 e. The first kappa shape index (κ1) is 38.5. The number of anilines is 3. The van der Waals surface area contributed by atoms with Gasteiger partial charge in [-0.15, -0.1) is 0 Å². The molecule has 67 heavy (non-hydrogen) atoms. The maximum atomic E-state index is 6.37. The molecule has 0 bridgehead atoms. The molecule has 314 valence electrons. The molecule has 0 radical (unpaired) electrons. The Hall–Kier alpha value is -8.92. The average molecular weight is 855 g/mol. The van der Waals surface area contributed by atoms with Crippen molar-refractivity contribution >= 4 is 71.6 Å². The van der Waals surface area contributed by atoms with E-state index in [4.69, 9.17) is 4.42 Å². The first-order valence-corrected chi connectivity index (χ1v) is 22.9. The zero-order valence-electron chi connectivity index (χ0n) is 36.6. The Morgan fingerprint density at radius 3 is 1.46 bits per heavy atom. The highest BCUT2D eigenvalue weighted by molar-refractivity contribution is 6.11. The number of hydrogen-bond acceptors (Lipinski definition) is 2. The van der Waals surface area contributed by atoms with Gasteiger partial charge in [-0.05, 0) is 123 Å². The lowest BCUT2D eigenvalue weighted by Gasteiger charge is -2.27. The second kappa shape index (κ2) is 16.0. The molecule has 0 N–H and O–H groups in total. The molecule has 11 aromatic carbocycles. The van der Waals surface area contributed by atoms with Crippen molar-refractivity contribution in [3.05, 3.63) is 255 Å². The lowest BCUT2D eigenvalue weighted by molar-refractivity contribution is 0.669. The molecule has 0 unspecified atom stereocenters. The third kappa shape index (κ3) is 6.51. The van der Waals surface area contributed by atoms with E-state index in [1.807, 2.05) is 12.1 Å². The highest BCUT2D eigenvalue weighted by atomic mass is 16.3. The van der Waals surface area contributed by atoms with E-state index in [0.717, 1.165) is 66.9 Å². The average Bonchev–Trinajstić information content (AvgIpc) is 3.95. The maximum absolute atomic E-state index is 6.37. The van der Waals surface area contributed by atoms with E-state index in [1.165, 1.54) is 54.8 Å². The predicted molar refractivity (Wildman–Crippen MR) is 282 cm³/mol. The van der Waals surface area contributed by atoms with E-state index in [2.05, 4.69) is 252 Å². The molecule has 13 aromatic rings. The molecule has 0 aliphatic rings. The zero-order chi connectivity index (χ0) is 44.3. The van der Waals surface area contributed by atoms with Gasteiger partial charge in [-0.1, -0.05) is 182 Å². The van der Waals surface area contributed by atoms with Crippen LogP contribution in [0.3, 0.4) is 0 Å². The van der Waals surface area contributed by atoms with Gasteiger partial charge in [-0.3, -0.25) is 0 Å². The molecule has 0 spiro atoms. The summed E-state index contributed by atoms with van der Waals surface area (Å²) in [5.74, 6) is 0. The summed E-state index contributed by atoms with van der Waals surface area (Å²) >= 11 is 0. The van der Waals surface area contributed by atoms with Crippen LogP contribution in [0.5, 0.6) is 0 Å². The third-order valence-corrected chi connectivity index (χ3v) is 13.4. The van der Waals surface area contributed by atoms with Crippen LogP contribution in [0.15, 0.2) is 259 Å². The van der Waals surface area contributed by atoms with Crippen LogP contribution in [0.4, 0.5) is 17.1 Å². The summed E-state index contributed by atoms with van der Waals surface area (Å²) in [5.41, 5.74) is 17.8. The summed E-state index contributed by atoms with van der Waals surface area (Å²) in [7, 11) is 0. The molecule has 3 heteroatoms. The van der Waals surface area contributed by atoms with Crippen LogP contribution in [0, 0.1) is 0 Å². The summed E-state index contributed by atoms with van der Waals surface area (Å²) in [5, 5.41) is 7.16. The van der Waals surface area contributed by atoms with Gasteiger partial charge in [0, 0.05) is 44.2 Å². The number of furan rings is 1. The van der Waals surface area contributed by atoms with E-state index in [0.29, 0.717) is 0 Å². The van der Waals surface area contributed by atoms with Gasteiger partial charge >= 0.3 is 0 Å². The van der Waals surface area contributed by atoms with Gasteiger partial charge in [0.2, 0.25) is 0 Å². The fraction of sp³-hybridized carbons (Fsp3) is 0. The quantitative estimate of drug-likeness (QED) is 0.152. The van der Waals surface area contributed by atoms with Crippen molar-refractivity contribution in [1.29, 1.82) is 0 Å². The topological polar surface area (TPSA) is 21.3 Å². The van der Waals surface area contributed by atoms with Crippen molar-refractivity contribution in [2.24, 2.45) is 0 Å². The lowest BCUT2D eigenvalue weighted by atomic mass is 9.91. The molecule has 13 rings (SSSR count). The zero-order valence-corrected chi connectivity index (χ0v) is 36.6. The number of benzene rings is 11. The van der Waals surface area contributed by atoms with Gasteiger partial charge in [0.1, 0.15) is 11.2 Å². The van der Waals surface area contributed by atoms with Gasteiger partial charge in [-0.25, -0.2) is 0 Å². The van der Waals surface area contributed by atoms with Crippen LogP contribution < -0.4 is 4.90 Å². The number of rotatable bonds is 8. The maximum Gasteiger partial charge on any atom is 0.135 e. The molecule has 0 atom stereocenters. The van der Waals surface area contributed by atoms with Crippen molar-refractivity contribution < 1.29 is 4.42 Å². The Morgan fingerprint density at radius 2 is 0.761 bits per heavy atom. The van der Waals surface area contributed by atoms with E-state index in [1.54, 1.807) is 0 Å². The summed E-state index contributed by atoms with van der Waals surface area (Å²) < 4.78 is 8.80. The monoisotopic (exact) mass is 854 g/mol. The number of hydrogen-bond donors (Lipinski definition) is 0. The van der Waals surface area contributed by atoms with Crippen LogP contribution in [0.2, 0.25) is 0 Å². The molecule has 0 saturated heterocycles. The highest BCUT2D eigenvalue weighted by Crippen LogP contribution is 2.45. The molecule has 2 aromatic heterocycles. The minimum Gasteiger partial charge on any atom is -0.456 e. The summed E-state index contributed by atoms with van der Waals surface area (Å²) in [4.78, 5) is 2.37. The predicted octanol–water partition coefficient (Wildman–Crippen LogP) is 18.0. The van der Waals surface area contributed by atoms with Crippen molar-refractivity contribution in [2.75, 3.05) is 4.90 Å². The SMILES string of the molecule is c1ccc(-c2ccc(-c3ccc(N(c4ccccc4)c4ccc(-c5ccccc5-n5c6ccccc6c6ccccc65)c(-c5ccc6oc7ccccc7c6c5)c4)cc3)c3ccccc23)cc1. The molecule has 0 aliphatic carbocycles. The van der Waals surface area contributed by atoms with Gasteiger partial charge in [0.25, 0.3) is 0 Å². The Labute approximate surface area is 388 Å². The van der Waals surface area contributed by atoms with Crippen LogP contribution in [0.1, 0.15) is 0 Å². The van der Waals surface area contributed by atoms with Gasteiger partial charge in [-0.2, -0.15) is 0 Å². The van der Waals surface area contributed by atoms with Crippen molar-refractivity contribution in [3.63, 3.8) is 0 Å².